The number of aromatic nitrogens is 1. The number of ether oxygens (including phenoxy) is 1. The summed E-state index contributed by atoms with van der Waals surface area (Å²) in [6.45, 7) is 3.62. The lowest BCUT2D eigenvalue weighted by Crippen LogP contribution is -2.02. The molecule has 0 amide bonds. The van der Waals surface area contributed by atoms with Gasteiger partial charge in [-0.25, -0.2) is 9.18 Å². The molecule has 0 aliphatic rings. The third-order valence-electron chi connectivity index (χ3n) is 2.73. The van der Waals surface area contributed by atoms with E-state index in [2.05, 4.69) is 5.16 Å². The molecule has 5 nitrogen and oxygen atoms in total. The fourth-order valence-electron chi connectivity index (χ4n) is 1.61. The maximum Gasteiger partial charge on any atom is 0.335 e. The van der Waals surface area contributed by atoms with Crippen LogP contribution in [0, 0.1) is 19.7 Å². The second-order valence-electron chi connectivity index (χ2n) is 4.04. The van der Waals surface area contributed by atoms with Crippen molar-refractivity contribution in [2.75, 3.05) is 0 Å². The summed E-state index contributed by atoms with van der Waals surface area (Å²) in [6, 6.07) is 3.50. The van der Waals surface area contributed by atoms with Gasteiger partial charge in [-0.15, -0.1) is 0 Å². The van der Waals surface area contributed by atoms with Crippen LogP contribution in [0.5, 0.6) is 5.75 Å². The molecule has 0 bridgehead atoms. The second kappa shape index (κ2) is 5.09. The first kappa shape index (κ1) is 13.1. The number of aryl methyl sites for hydroxylation is 2. The lowest BCUT2D eigenvalue weighted by molar-refractivity contribution is 0.0696. The molecule has 100 valence electrons. The monoisotopic (exact) mass is 265 g/mol. The highest BCUT2D eigenvalue weighted by molar-refractivity contribution is 5.87. The third kappa shape index (κ3) is 2.73. The topological polar surface area (TPSA) is 72.6 Å². The fourth-order valence-corrected chi connectivity index (χ4v) is 1.61. The van der Waals surface area contributed by atoms with Crippen LogP contribution in [0.1, 0.15) is 27.4 Å². The van der Waals surface area contributed by atoms with Gasteiger partial charge in [0.2, 0.25) is 0 Å². The smallest absolute Gasteiger partial charge is 0.335 e. The van der Waals surface area contributed by atoms with Crippen molar-refractivity contribution in [1.82, 2.24) is 5.16 Å². The average molecular weight is 265 g/mol. The molecule has 2 rings (SSSR count). The summed E-state index contributed by atoms with van der Waals surface area (Å²) in [4.78, 5) is 10.7. The predicted molar refractivity (Wildman–Crippen MR) is 63.7 cm³/mol. The highest BCUT2D eigenvalue weighted by atomic mass is 19.1. The van der Waals surface area contributed by atoms with Gasteiger partial charge < -0.3 is 14.4 Å². The Morgan fingerprint density at radius 1 is 1.47 bits per heavy atom. The molecule has 1 aromatic heterocycles. The van der Waals surface area contributed by atoms with Gasteiger partial charge in [0.1, 0.15) is 12.4 Å². The number of carboxylic acid groups (broad SMARTS) is 1. The van der Waals surface area contributed by atoms with Crippen molar-refractivity contribution >= 4 is 5.97 Å². The number of halogens is 1. The molecule has 2 aromatic rings. The molecule has 0 fully saturated rings. The first-order valence-electron chi connectivity index (χ1n) is 5.56. The first-order chi connectivity index (χ1) is 8.99. The summed E-state index contributed by atoms with van der Waals surface area (Å²) in [5.41, 5.74) is 1.31. The van der Waals surface area contributed by atoms with E-state index in [1.54, 1.807) is 13.8 Å². The zero-order valence-corrected chi connectivity index (χ0v) is 10.4. The molecule has 0 atom stereocenters. The van der Waals surface area contributed by atoms with Crippen LogP contribution in [0.25, 0.3) is 0 Å². The van der Waals surface area contributed by atoms with Gasteiger partial charge >= 0.3 is 5.97 Å². The van der Waals surface area contributed by atoms with Crippen molar-refractivity contribution in [3.63, 3.8) is 0 Å². The van der Waals surface area contributed by atoms with Crippen LogP contribution in [0.3, 0.4) is 0 Å². The molecule has 0 aliphatic carbocycles. The Bertz CT molecular complexity index is 602. The number of benzene rings is 1. The Morgan fingerprint density at radius 3 is 2.74 bits per heavy atom. The van der Waals surface area contributed by atoms with Gasteiger partial charge in [-0.2, -0.15) is 0 Å². The van der Waals surface area contributed by atoms with Crippen LogP contribution in [0.2, 0.25) is 0 Å². The zero-order valence-electron chi connectivity index (χ0n) is 10.4. The molecule has 0 unspecified atom stereocenters. The van der Waals surface area contributed by atoms with E-state index in [-0.39, 0.29) is 17.9 Å². The quantitative estimate of drug-likeness (QED) is 0.920. The van der Waals surface area contributed by atoms with Crippen LogP contribution < -0.4 is 4.74 Å². The van der Waals surface area contributed by atoms with E-state index in [0.717, 1.165) is 11.6 Å². The molecule has 1 heterocycles. The molecule has 0 saturated heterocycles. The Kier molecular flexibility index (Phi) is 3.50. The van der Waals surface area contributed by atoms with E-state index in [0.29, 0.717) is 11.5 Å². The maximum absolute atomic E-state index is 13.6. The summed E-state index contributed by atoms with van der Waals surface area (Å²) < 4.78 is 23.9. The number of aromatic carboxylic acids is 1. The number of hydrogen-bond acceptors (Lipinski definition) is 4. The van der Waals surface area contributed by atoms with Crippen LogP contribution >= 0.6 is 0 Å². The molecular weight excluding hydrogens is 253 g/mol. The van der Waals surface area contributed by atoms with Crippen molar-refractivity contribution in [2.45, 2.75) is 20.5 Å². The van der Waals surface area contributed by atoms with E-state index in [4.69, 9.17) is 14.4 Å². The van der Waals surface area contributed by atoms with Crippen LogP contribution in [0.15, 0.2) is 22.7 Å². The third-order valence-corrected chi connectivity index (χ3v) is 2.73. The van der Waals surface area contributed by atoms with Crippen LogP contribution in [0.4, 0.5) is 4.39 Å². The van der Waals surface area contributed by atoms with E-state index < -0.39 is 11.8 Å². The maximum atomic E-state index is 13.6. The molecule has 6 heteroatoms. The number of nitrogens with zero attached hydrogens (tertiary/aromatic N) is 1. The van der Waals surface area contributed by atoms with Crippen molar-refractivity contribution < 1.29 is 23.6 Å². The van der Waals surface area contributed by atoms with E-state index in [1.807, 2.05) is 0 Å². The van der Waals surface area contributed by atoms with Gasteiger partial charge in [-0.05, 0) is 32.0 Å². The van der Waals surface area contributed by atoms with Gasteiger partial charge in [-0.1, -0.05) is 5.16 Å². The first-order valence-corrected chi connectivity index (χ1v) is 5.56. The summed E-state index contributed by atoms with van der Waals surface area (Å²) >= 11 is 0. The number of carbonyl (C=O) groups is 1. The number of carboxylic acids is 1. The van der Waals surface area contributed by atoms with Gasteiger partial charge in [-0.3, -0.25) is 0 Å². The van der Waals surface area contributed by atoms with Crippen molar-refractivity contribution in [3.05, 3.63) is 46.6 Å². The minimum atomic E-state index is -1.18. The van der Waals surface area contributed by atoms with Gasteiger partial charge in [0.15, 0.2) is 11.6 Å². The normalized spacial score (nSPS) is 10.5. The molecule has 0 aliphatic heterocycles. The van der Waals surface area contributed by atoms with E-state index >= 15 is 0 Å². The molecular formula is C13H12FNO4. The SMILES string of the molecule is Cc1noc(C)c1COc1ccc(C(=O)O)cc1F. The molecule has 19 heavy (non-hydrogen) atoms. The Hall–Kier alpha value is -2.37. The number of rotatable bonds is 4. The van der Waals surface area contributed by atoms with E-state index in [1.165, 1.54) is 12.1 Å². The van der Waals surface area contributed by atoms with Crippen molar-refractivity contribution in [1.29, 1.82) is 0 Å². The summed E-state index contributed by atoms with van der Waals surface area (Å²) in [6.07, 6.45) is 0. The highest BCUT2D eigenvalue weighted by Crippen LogP contribution is 2.21. The van der Waals surface area contributed by atoms with E-state index in [9.17, 15) is 9.18 Å². The highest BCUT2D eigenvalue weighted by Gasteiger charge is 2.12. The van der Waals surface area contributed by atoms with Crippen molar-refractivity contribution in [3.8, 4) is 5.75 Å². The average Bonchev–Trinajstić information content (AvgIpc) is 2.68. The Morgan fingerprint density at radius 2 is 2.21 bits per heavy atom. The Labute approximate surface area is 108 Å². The second-order valence-corrected chi connectivity index (χ2v) is 4.04. The van der Waals surface area contributed by atoms with Crippen LogP contribution in [-0.2, 0) is 6.61 Å². The summed E-state index contributed by atoms with van der Waals surface area (Å²) in [7, 11) is 0. The summed E-state index contributed by atoms with van der Waals surface area (Å²) in [5.74, 6) is -1.30. The van der Waals surface area contributed by atoms with Gasteiger partial charge in [0, 0.05) is 0 Å². The Balaban J connectivity index is 2.14. The standard InChI is InChI=1S/C13H12FNO4/c1-7-10(8(2)19-15-7)6-18-12-4-3-9(13(16)17)5-11(12)14/h3-5H,6H2,1-2H3,(H,16,17). The van der Waals surface area contributed by atoms with Crippen molar-refractivity contribution in [2.24, 2.45) is 0 Å². The molecule has 0 saturated carbocycles. The molecule has 0 spiro atoms. The molecule has 1 aromatic carbocycles. The minimum Gasteiger partial charge on any atom is -0.486 e. The van der Waals surface area contributed by atoms with Gasteiger partial charge in [0.05, 0.1) is 16.8 Å². The minimum absolute atomic E-state index is 0.00926. The predicted octanol–water partition coefficient (Wildman–Crippen LogP) is 2.71. The molecule has 1 N–H and O–H groups in total. The van der Waals surface area contributed by atoms with Gasteiger partial charge in [0.25, 0.3) is 0 Å². The molecule has 0 radical (unpaired) electrons. The zero-order chi connectivity index (χ0) is 14.0. The fraction of sp³-hybridized carbons (Fsp3) is 0.231. The number of hydrogen-bond donors (Lipinski definition) is 1. The lowest BCUT2D eigenvalue weighted by atomic mass is 10.2. The lowest BCUT2D eigenvalue weighted by Gasteiger charge is -2.07. The van der Waals surface area contributed by atoms with Crippen LogP contribution in [-0.4, -0.2) is 16.2 Å². The largest absolute Gasteiger partial charge is 0.486 e. The summed E-state index contributed by atoms with van der Waals surface area (Å²) in [5, 5.41) is 12.5.